The van der Waals surface area contributed by atoms with Crippen molar-refractivity contribution in [1.82, 2.24) is 10.2 Å². The molecule has 0 radical (unpaired) electrons. The van der Waals surface area contributed by atoms with E-state index in [1.807, 2.05) is 44.2 Å². The number of anilines is 1. The molecule has 0 aromatic heterocycles. The molecule has 1 N–H and O–H groups in total. The molecule has 0 unspecified atom stereocenters. The van der Waals surface area contributed by atoms with Crippen molar-refractivity contribution < 1.29 is 22.7 Å². The van der Waals surface area contributed by atoms with Crippen molar-refractivity contribution in [1.29, 1.82) is 0 Å². The lowest BCUT2D eigenvalue weighted by Crippen LogP contribution is -2.53. The molecule has 4 rings (SSSR count). The molecule has 4 aromatic carbocycles. The van der Waals surface area contributed by atoms with Gasteiger partial charge >= 0.3 is 0 Å². The molecule has 0 aliphatic heterocycles. The lowest BCUT2D eigenvalue weighted by atomic mass is 10.0. The summed E-state index contributed by atoms with van der Waals surface area (Å²) in [7, 11) is -2.77. The van der Waals surface area contributed by atoms with Crippen molar-refractivity contribution in [2.45, 2.75) is 44.2 Å². The number of hydrogen-bond donors (Lipinski definition) is 1. The number of nitrogens with zero attached hydrogens (tertiary/aromatic N) is 2. The minimum atomic E-state index is -4.26. The van der Waals surface area contributed by atoms with Crippen LogP contribution in [0.2, 0.25) is 5.02 Å². The van der Waals surface area contributed by atoms with Crippen LogP contribution in [0.5, 0.6) is 5.75 Å². The van der Waals surface area contributed by atoms with Gasteiger partial charge in [0.1, 0.15) is 18.3 Å². The summed E-state index contributed by atoms with van der Waals surface area (Å²) < 4.78 is 35.3. The molecular weight excluding hydrogens is 690 g/mol. The van der Waals surface area contributed by atoms with E-state index in [-0.39, 0.29) is 23.8 Å². The first kappa shape index (κ1) is 35.0. The van der Waals surface area contributed by atoms with Gasteiger partial charge in [-0.2, -0.15) is 0 Å². The summed E-state index contributed by atoms with van der Waals surface area (Å²) in [5, 5.41) is 3.48. The van der Waals surface area contributed by atoms with Gasteiger partial charge in [0.05, 0.1) is 22.2 Å². The number of sulfonamides is 1. The van der Waals surface area contributed by atoms with E-state index in [4.69, 9.17) is 16.3 Å². The van der Waals surface area contributed by atoms with E-state index in [1.54, 1.807) is 54.6 Å². The third-order valence-electron chi connectivity index (χ3n) is 7.40. The van der Waals surface area contributed by atoms with Gasteiger partial charge in [0.25, 0.3) is 10.0 Å². The summed E-state index contributed by atoms with van der Waals surface area (Å²) in [6.07, 6.45) is 0.949. The maximum atomic E-state index is 14.5. The molecule has 0 aliphatic carbocycles. The second kappa shape index (κ2) is 16.1. The standard InChI is InChI=1S/C35H37BrClN3O5S/c1-4-20-38-35(42)32(21-26-8-6-5-7-9-26)39(23-27-12-14-28(37)15-13-27)34(41)24-40(29-16-10-25(2)11-17-29)46(43,44)30-18-19-33(45-3)31(36)22-30/h5-19,22,32H,4,20-21,23-24H2,1-3H3,(H,38,42)/t32-/m0/s1. The fraction of sp³-hybridized carbons (Fsp3) is 0.257. The predicted molar refractivity (Wildman–Crippen MR) is 186 cm³/mol. The number of methoxy groups -OCH3 is 1. The molecule has 0 saturated heterocycles. The highest BCUT2D eigenvalue weighted by molar-refractivity contribution is 9.10. The Balaban J connectivity index is 1.80. The zero-order valence-electron chi connectivity index (χ0n) is 26.0. The number of carbonyl (C=O) groups is 2. The number of aryl methyl sites for hydroxylation is 1. The topological polar surface area (TPSA) is 96.0 Å². The maximum absolute atomic E-state index is 14.5. The predicted octanol–water partition coefficient (Wildman–Crippen LogP) is 6.78. The average Bonchev–Trinajstić information content (AvgIpc) is 3.05. The van der Waals surface area contributed by atoms with Crippen molar-refractivity contribution in [3.8, 4) is 5.75 Å². The van der Waals surface area contributed by atoms with Gasteiger partial charge in [0, 0.05) is 24.5 Å². The number of amides is 2. The number of nitrogens with one attached hydrogen (secondary N) is 1. The number of carbonyl (C=O) groups excluding carboxylic acids is 2. The van der Waals surface area contributed by atoms with Gasteiger partial charge in [0.15, 0.2) is 0 Å². The van der Waals surface area contributed by atoms with Gasteiger partial charge in [-0.1, -0.05) is 78.7 Å². The molecule has 4 aromatic rings. The number of hydrogen-bond acceptors (Lipinski definition) is 5. The summed E-state index contributed by atoms with van der Waals surface area (Å²) in [4.78, 5) is 29.7. The Bertz CT molecular complexity index is 1740. The Morgan fingerprint density at radius 1 is 0.935 bits per heavy atom. The molecule has 11 heteroatoms. The van der Waals surface area contributed by atoms with Gasteiger partial charge in [-0.05, 0) is 82.9 Å². The maximum Gasteiger partial charge on any atom is 0.264 e. The fourth-order valence-electron chi connectivity index (χ4n) is 4.88. The van der Waals surface area contributed by atoms with Crippen LogP contribution in [0.4, 0.5) is 5.69 Å². The Labute approximate surface area is 284 Å². The van der Waals surface area contributed by atoms with Crippen molar-refractivity contribution in [2.24, 2.45) is 0 Å². The number of halogens is 2. The van der Waals surface area contributed by atoms with Crippen LogP contribution in [0.1, 0.15) is 30.0 Å². The minimum Gasteiger partial charge on any atom is -0.496 e. The monoisotopic (exact) mass is 725 g/mol. The van der Waals surface area contributed by atoms with E-state index in [1.165, 1.54) is 24.1 Å². The van der Waals surface area contributed by atoms with Crippen LogP contribution in [0, 0.1) is 6.92 Å². The van der Waals surface area contributed by atoms with Gasteiger partial charge < -0.3 is 15.0 Å². The van der Waals surface area contributed by atoms with E-state index < -0.39 is 28.5 Å². The van der Waals surface area contributed by atoms with Crippen LogP contribution < -0.4 is 14.4 Å². The third-order valence-corrected chi connectivity index (χ3v) is 10.0. The average molecular weight is 727 g/mol. The first-order valence-corrected chi connectivity index (χ1v) is 17.4. The van der Waals surface area contributed by atoms with Crippen LogP contribution >= 0.6 is 27.5 Å². The zero-order chi connectivity index (χ0) is 33.3. The van der Waals surface area contributed by atoms with E-state index in [0.29, 0.717) is 33.9 Å². The fourth-order valence-corrected chi connectivity index (χ4v) is 7.14. The van der Waals surface area contributed by atoms with E-state index >= 15 is 0 Å². The molecule has 2 amide bonds. The highest BCUT2D eigenvalue weighted by Gasteiger charge is 2.34. The molecule has 0 fully saturated rings. The highest BCUT2D eigenvalue weighted by atomic mass is 79.9. The van der Waals surface area contributed by atoms with Gasteiger partial charge in [-0.25, -0.2) is 8.42 Å². The lowest BCUT2D eigenvalue weighted by molar-refractivity contribution is -0.140. The number of benzene rings is 4. The molecular formula is C35H37BrClN3O5S. The normalized spacial score (nSPS) is 11.8. The molecule has 242 valence electrons. The molecule has 0 heterocycles. The van der Waals surface area contributed by atoms with Crippen molar-refractivity contribution >= 4 is 55.1 Å². The third kappa shape index (κ3) is 8.90. The number of ether oxygens (including phenoxy) is 1. The Kier molecular flexibility index (Phi) is 12.3. The van der Waals surface area contributed by atoms with Gasteiger partial charge in [-0.15, -0.1) is 0 Å². The summed E-state index contributed by atoms with van der Waals surface area (Å²) >= 11 is 9.53. The molecule has 0 aliphatic rings. The Hall–Kier alpha value is -3.86. The SMILES string of the molecule is CCCNC(=O)[C@H](Cc1ccccc1)N(Cc1ccc(Cl)cc1)C(=O)CN(c1ccc(C)cc1)S(=O)(=O)c1ccc(OC)c(Br)c1. The summed E-state index contributed by atoms with van der Waals surface area (Å²) in [6, 6.07) is 26.8. The van der Waals surface area contributed by atoms with Gasteiger partial charge in [0.2, 0.25) is 11.8 Å². The second-order valence-electron chi connectivity index (χ2n) is 10.8. The van der Waals surface area contributed by atoms with Crippen LogP contribution in [0.3, 0.4) is 0 Å². The molecule has 8 nitrogen and oxygen atoms in total. The first-order chi connectivity index (χ1) is 22.0. The summed E-state index contributed by atoms with van der Waals surface area (Å²) in [5.41, 5.74) is 2.84. The lowest BCUT2D eigenvalue weighted by Gasteiger charge is -2.34. The number of rotatable bonds is 14. The van der Waals surface area contributed by atoms with Crippen molar-refractivity contribution in [3.05, 3.63) is 123 Å². The van der Waals surface area contributed by atoms with Crippen LogP contribution in [-0.2, 0) is 32.6 Å². The smallest absolute Gasteiger partial charge is 0.264 e. The molecule has 0 bridgehead atoms. The van der Waals surface area contributed by atoms with E-state index in [2.05, 4.69) is 21.2 Å². The van der Waals surface area contributed by atoms with Gasteiger partial charge in [-0.3, -0.25) is 13.9 Å². The summed E-state index contributed by atoms with van der Waals surface area (Å²) in [5.74, 6) is -0.399. The molecule has 1 atom stereocenters. The van der Waals surface area contributed by atoms with Crippen LogP contribution in [0.15, 0.2) is 106 Å². The molecule has 0 saturated carbocycles. The second-order valence-corrected chi connectivity index (χ2v) is 13.9. The van der Waals surface area contributed by atoms with Crippen LogP contribution in [0.25, 0.3) is 0 Å². The summed E-state index contributed by atoms with van der Waals surface area (Å²) in [6.45, 7) is 3.79. The Morgan fingerprint density at radius 3 is 2.22 bits per heavy atom. The highest BCUT2D eigenvalue weighted by Crippen LogP contribution is 2.31. The van der Waals surface area contributed by atoms with E-state index in [0.717, 1.165) is 21.0 Å². The molecule has 46 heavy (non-hydrogen) atoms. The van der Waals surface area contributed by atoms with Crippen molar-refractivity contribution in [2.75, 3.05) is 24.5 Å². The quantitative estimate of drug-likeness (QED) is 0.155. The Morgan fingerprint density at radius 2 is 1.61 bits per heavy atom. The molecule has 0 spiro atoms. The minimum absolute atomic E-state index is 0.0284. The first-order valence-electron chi connectivity index (χ1n) is 14.8. The largest absolute Gasteiger partial charge is 0.496 e. The van der Waals surface area contributed by atoms with Crippen LogP contribution in [-0.4, -0.2) is 51.4 Å². The van der Waals surface area contributed by atoms with Crippen molar-refractivity contribution in [3.63, 3.8) is 0 Å². The zero-order valence-corrected chi connectivity index (χ0v) is 29.1. The van der Waals surface area contributed by atoms with E-state index in [9.17, 15) is 18.0 Å².